The number of aromatic nitrogens is 2. The Morgan fingerprint density at radius 3 is 2.35 bits per heavy atom. The van der Waals surface area contributed by atoms with Gasteiger partial charge in [-0.3, -0.25) is 0 Å². The third-order valence-electron chi connectivity index (χ3n) is 2.15. The molecule has 0 bridgehead atoms. The van der Waals surface area contributed by atoms with Crippen LogP contribution in [0.25, 0.3) is 0 Å². The molecule has 0 fully saturated rings. The van der Waals surface area contributed by atoms with Crippen molar-refractivity contribution in [2.45, 2.75) is 11.8 Å². The van der Waals surface area contributed by atoms with E-state index in [9.17, 15) is 8.42 Å². The van der Waals surface area contributed by atoms with Gasteiger partial charge in [-0.15, -0.1) is 4.09 Å². The van der Waals surface area contributed by atoms with E-state index >= 15 is 0 Å². The maximum atomic E-state index is 12.2. The molecule has 7 heteroatoms. The summed E-state index contributed by atoms with van der Waals surface area (Å²) in [5.74, 6) is 0. The van der Waals surface area contributed by atoms with E-state index in [1.807, 2.05) is 29.5 Å². The zero-order chi connectivity index (χ0) is 12.6. The van der Waals surface area contributed by atoms with Gasteiger partial charge in [-0.25, -0.2) is 0 Å². The van der Waals surface area contributed by atoms with E-state index < -0.39 is 10.0 Å². The van der Waals surface area contributed by atoms with Crippen molar-refractivity contribution in [1.82, 2.24) is 9.19 Å². The topological polar surface area (TPSA) is 52.0 Å². The van der Waals surface area contributed by atoms with Gasteiger partial charge in [-0.05, 0) is 57.6 Å². The molecular weight excluding hydrogens is 419 g/mol. The third-order valence-corrected chi connectivity index (χ3v) is 5.08. The van der Waals surface area contributed by atoms with Crippen LogP contribution in [0.2, 0.25) is 0 Å². The van der Waals surface area contributed by atoms with Gasteiger partial charge in [0.1, 0.15) is 8.30 Å². The van der Waals surface area contributed by atoms with E-state index in [-0.39, 0.29) is 4.90 Å². The molecule has 2 rings (SSSR count). The average Bonchev–Trinajstić information content (AvgIpc) is 2.59. The molecule has 2 aromatic rings. The Kier molecular flexibility index (Phi) is 3.60. The molecule has 0 aliphatic rings. The lowest BCUT2D eigenvalue weighted by Crippen LogP contribution is -2.15. The first-order valence-corrected chi connectivity index (χ1v) is 7.96. The van der Waals surface area contributed by atoms with Gasteiger partial charge < -0.3 is 0 Å². The minimum atomic E-state index is -3.61. The van der Waals surface area contributed by atoms with E-state index in [4.69, 9.17) is 0 Å². The van der Waals surface area contributed by atoms with Crippen LogP contribution in [0.5, 0.6) is 0 Å². The standard InChI is InChI=1S/C10H8BrIN2O2S/c1-7-2-4-8(5-3-7)17(15,16)14-9(11)6-10(12)13-14/h2-6H,1H3. The van der Waals surface area contributed by atoms with Gasteiger partial charge in [0.15, 0.2) is 0 Å². The summed E-state index contributed by atoms with van der Waals surface area (Å²) in [6.45, 7) is 1.91. The summed E-state index contributed by atoms with van der Waals surface area (Å²) < 4.78 is 26.5. The SMILES string of the molecule is Cc1ccc(S(=O)(=O)n2nc(I)cc2Br)cc1. The average molecular weight is 427 g/mol. The van der Waals surface area contributed by atoms with Crippen molar-refractivity contribution < 1.29 is 8.42 Å². The molecule has 0 amide bonds. The number of hydrogen-bond acceptors (Lipinski definition) is 3. The fourth-order valence-electron chi connectivity index (χ4n) is 1.30. The van der Waals surface area contributed by atoms with Gasteiger partial charge in [0.05, 0.1) is 4.90 Å². The maximum absolute atomic E-state index is 12.2. The Bertz CT molecular complexity index is 649. The van der Waals surface area contributed by atoms with Crippen LogP contribution in [-0.2, 0) is 10.0 Å². The fourth-order valence-corrected chi connectivity index (χ4v) is 4.41. The van der Waals surface area contributed by atoms with E-state index in [2.05, 4.69) is 21.0 Å². The highest BCUT2D eigenvalue weighted by molar-refractivity contribution is 14.1. The molecule has 0 radical (unpaired) electrons. The molecule has 90 valence electrons. The molecular formula is C10H8BrIN2O2S. The first kappa shape index (κ1) is 13.0. The number of rotatable bonds is 2. The van der Waals surface area contributed by atoms with E-state index in [1.54, 1.807) is 30.3 Å². The number of aryl methyl sites for hydroxylation is 1. The lowest BCUT2D eigenvalue weighted by atomic mass is 10.2. The third kappa shape index (κ3) is 2.55. The summed E-state index contributed by atoms with van der Waals surface area (Å²) in [7, 11) is -3.61. The molecule has 0 saturated carbocycles. The quantitative estimate of drug-likeness (QED) is 0.694. The van der Waals surface area contributed by atoms with Crippen molar-refractivity contribution in [1.29, 1.82) is 0 Å². The van der Waals surface area contributed by atoms with Crippen molar-refractivity contribution in [3.8, 4) is 0 Å². The van der Waals surface area contributed by atoms with Crippen LogP contribution in [0.15, 0.2) is 39.8 Å². The van der Waals surface area contributed by atoms with Crippen molar-refractivity contribution in [3.05, 3.63) is 44.2 Å². The fraction of sp³-hybridized carbons (Fsp3) is 0.100. The van der Waals surface area contributed by atoms with E-state index in [1.165, 1.54) is 0 Å². The van der Waals surface area contributed by atoms with Gasteiger partial charge in [0.2, 0.25) is 0 Å². The Morgan fingerprint density at radius 1 is 1.29 bits per heavy atom. The summed E-state index contributed by atoms with van der Waals surface area (Å²) in [5.41, 5.74) is 1.01. The van der Waals surface area contributed by atoms with Crippen LogP contribution < -0.4 is 0 Å². The molecule has 0 unspecified atom stereocenters. The van der Waals surface area contributed by atoms with Crippen LogP contribution in [-0.4, -0.2) is 17.6 Å². The zero-order valence-electron chi connectivity index (χ0n) is 8.76. The predicted molar refractivity (Wildman–Crippen MR) is 76.4 cm³/mol. The predicted octanol–water partition coefficient (Wildman–Crippen LogP) is 2.80. The molecule has 17 heavy (non-hydrogen) atoms. The summed E-state index contributed by atoms with van der Waals surface area (Å²) in [6, 6.07) is 8.31. The molecule has 0 spiro atoms. The largest absolute Gasteiger partial charge is 0.284 e. The van der Waals surface area contributed by atoms with Crippen molar-refractivity contribution in [2.24, 2.45) is 0 Å². The highest BCUT2D eigenvalue weighted by Crippen LogP contribution is 2.21. The number of hydrogen-bond donors (Lipinski definition) is 0. The second-order valence-electron chi connectivity index (χ2n) is 3.45. The highest BCUT2D eigenvalue weighted by Gasteiger charge is 2.20. The van der Waals surface area contributed by atoms with Gasteiger partial charge in [0, 0.05) is 6.07 Å². The monoisotopic (exact) mass is 426 g/mol. The second-order valence-corrected chi connectivity index (χ2v) is 7.14. The van der Waals surface area contributed by atoms with Gasteiger partial charge in [-0.1, -0.05) is 17.7 Å². The Hall–Kier alpha value is -0.410. The van der Waals surface area contributed by atoms with E-state index in [0.717, 1.165) is 9.65 Å². The highest BCUT2D eigenvalue weighted by atomic mass is 127. The van der Waals surface area contributed by atoms with E-state index in [0.29, 0.717) is 8.30 Å². The molecule has 1 aromatic heterocycles. The molecule has 1 heterocycles. The smallest absolute Gasteiger partial charge is 0.199 e. The molecule has 0 aliphatic carbocycles. The first-order chi connectivity index (χ1) is 7.91. The van der Waals surface area contributed by atoms with Crippen LogP contribution in [0.4, 0.5) is 0 Å². The van der Waals surface area contributed by atoms with Crippen molar-refractivity contribution >= 4 is 48.5 Å². The summed E-state index contributed by atoms with van der Waals surface area (Å²) in [4.78, 5) is 0.225. The lowest BCUT2D eigenvalue weighted by Gasteiger charge is -2.05. The lowest BCUT2D eigenvalue weighted by molar-refractivity contribution is 0.578. The summed E-state index contributed by atoms with van der Waals surface area (Å²) >= 11 is 5.15. The van der Waals surface area contributed by atoms with Gasteiger partial charge in [0.25, 0.3) is 10.0 Å². The first-order valence-electron chi connectivity index (χ1n) is 4.64. The van der Waals surface area contributed by atoms with Crippen LogP contribution in [0.3, 0.4) is 0 Å². The summed E-state index contributed by atoms with van der Waals surface area (Å²) in [6.07, 6.45) is 0. The summed E-state index contributed by atoms with van der Waals surface area (Å²) in [5, 5.41) is 3.95. The molecule has 1 aromatic carbocycles. The van der Waals surface area contributed by atoms with Crippen LogP contribution in [0.1, 0.15) is 5.56 Å². The number of benzene rings is 1. The zero-order valence-corrected chi connectivity index (χ0v) is 13.3. The van der Waals surface area contributed by atoms with Crippen LogP contribution >= 0.6 is 38.5 Å². The van der Waals surface area contributed by atoms with Gasteiger partial charge >= 0.3 is 0 Å². The Morgan fingerprint density at radius 2 is 1.88 bits per heavy atom. The number of halogens is 2. The minimum Gasteiger partial charge on any atom is -0.199 e. The Balaban J connectivity index is 2.57. The molecule has 4 nitrogen and oxygen atoms in total. The molecule has 0 aliphatic heterocycles. The van der Waals surface area contributed by atoms with Gasteiger partial charge in [-0.2, -0.15) is 13.5 Å². The Labute approximate surface area is 121 Å². The molecule has 0 atom stereocenters. The number of nitrogens with zero attached hydrogens (tertiary/aromatic N) is 2. The normalized spacial score (nSPS) is 11.7. The van der Waals surface area contributed by atoms with Crippen LogP contribution in [0, 0.1) is 10.6 Å². The minimum absolute atomic E-state index is 0.225. The molecule has 0 N–H and O–H groups in total. The van der Waals surface area contributed by atoms with Crippen molar-refractivity contribution in [3.63, 3.8) is 0 Å². The second kappa shape index (κ2) is 4.69. The maximum Gasteiger partial charge on any atom is 0.284 e. The molecule has 0 saturated heterocycles. The van der Waals surface area contributed by atoms with Crippen molar-refractivity contribution in [2.75, 3.05) is 0 Å².